The van der Waals surface area contributed by atoms with E-state index in [9.17, 15) is 24.6 Å². The maximum absolute atomic E-state index is 10.6. The van der Waals surface area contributed by atoms with Gasteiger partial charge in [0, 0.05) is 11.9 Å². The molecule has 0 aliphatic carbocycles. The normalized spacial score (nSPS) is 11.8. The van der Waals surface area contributed by atoms with Crippen LogP contribution >= 0.6 is 25.3 Å². The van der Waals surface area contributed by atoms with E-state index in [1.165, 1.54) is 55.3 Å². The van der Waals surface area contributed by atoms with E-state index in [1.54, 1.807) is 0 Å². The Morgan fingerprint density at radius 1 is 0.758 bits per heavy atom. The SMILES string of the molecule is CCCCCCC(CCS)C(=O)[O-].CCCCCCC(CCS)C(=O)[O-].COC(=O)C[CH2][Sn+3]. The Morgan fingerprint density at radius 2 is 1.15 bits per heavy atom. The summed E-state index contributed by atoms with van der Waals surface area (Å²) in [6.45, 7) is 4.29. The van der Waals surface area contributed by atoms with Crippen LogP contribution in [0, 0.1) is 11.8 Å². The van der Waals surface area contributed by atoms with Gasteiger partial charge in [0.05, 0.1) is 0 Å². The van der Waals surface area contributed by atoms with Crippen molar-refractivity contribution in [1.29, 1.82) is 0 Å². The molecule has 0 amide bonds. The predicted molar refractivity (Wildman–Crippen MR) is 139 cm³/mol. The van der Waals surface area contributed by atoms with Crippen LogP contribution in [0.25, 0.3) is 0 Å². The molecule has 2 unspecified atom stereocenters. The van der Waals surface area contributed by atoms with Gasteiger partial charge in [0.1, 0.15) is 0 Å². The van der Waals surface area contributed by atoms with Crippen LogP contribution in [0.5, 0.6) is 0 Å². The first-order valence-electron chi connectivity index (χ1n) is 12.1. The van der Waals surface area contributed by atoms with Crippen LogP contribution in [-0.4, -0.2) is 59.0 Å². The summed E-state index contributed by atoms with van der Waals surface area (Å²) in [5.74, 6) is -1.23. The molecule has 192 valence electrons. The van der Waals surface area contributed by atoms with Crippen LogP contribution in [0.2, 0.25) is 4.44 Å². The molecular weight excluding hydrogens is 567 g/mol. The Morgan fingerprint density at radius 3 is 1.36 bits per heavy atom. The van der Waals surface area contributed by atoms with Crippen LogP contribution in [0.3, 0.4) is 0 Å². The zero-order valence-corrected chi connectivity index (χ0v) is 25.5. The molecule has 0 rings (SSSR count). The Labute approximate surface area is 226 Å². The molecule has 0 aliphatic rings. The van der Waals surface area contributed by atoms with Gasteiger partial charge in [0.25, 0.3) is 0 Å². The topological polar surface area (TPSA) is 107 Å². The summed E-state index contributed by atoms with van der Waals surface area (Å²) >= 11 is 9.44. The number of hydrogen-bond acceptors (Lipinski definition) is 8. The number of thiol groups is 2. The van der Waals surface area contributed by atoms with Crippen molar-refractivity contribution in [2.24, 2.45) is 11.8 Å². The number of carboxylic acids is 2. The molecule has 0 aromatic rings. The van der Waals surface area contributed by atoms with E-state index >= 15 is 0 Å². The summed E-state index contributed by atoms with van der Waals surface area (Å²) in [6.07, 6.45) is 12.4. The van der Waals surface area contributed by atoms with E-state index in [-0.39, 0.29) is 17.8 Å². The van der Waals surface area contributed by atoms with E-state index < -0.39 is 11.9 Å². The molecule has 9 heteroatoms. The summed E-state index contributed by atoms with van der Waals surface area (Å²) in [4.78, 5) is 31.4. The fourth-order valence-corrected chi connectivity index (χ4v) is 4.12. The molecular formula is C24H45O6S2Sn+. The molecule has 0 radical (unpaired) electrons. The van der Waals surface area contributed by atoms with Crippen LogP contribution in [0.1, 0.15) is 97.3 Å². The third-order valence-corrected chi connectivity index (χ3v) is 6.22. The molecule has 0 saturated heterocycles. The molecule has 0 aliphatic heterocycles. The van der Waals surface area contributed by atoms with Gasteiger partial charge in [0.15, 0.2) is 0 Å². The molecule has 0 fully saturated rings. The predicted octanol–water partition coefficient (Wildman–Crippen LogP) is 3.42. The molecule has 0 N–H and O–H groups in total. The summed E-state index contributed by atoms with van der Waals surface area (Å²) in [5, 5.41) is 21.2. The third kappa shape index (κ3) is 29.9. The number of hydrogen-bond donors (Lipinski definition) is 2. The Balaban J connectivity index is -0.000000429. The summed E-state index contributed by atoms with van der Waals surface area (Å²) in [6, 6.07) is 0. The van der Waals surface area contributed by atoms with Gasteiger partial charge in [-0.25, -0.2) is 0 Å². The van der Waals surface area contributed by atoms with Crippen LogP contribution in [-0.2, 0) is 19.1 Å². The summed E-state index contributed by atoms with van der Waals surface area (Å²) in [5.41, 5.74) is 0. The number of ether oxygens (including phenoxy) is 1. The molecule has 0 aromatic heterocycles. The Hall–Kier alpha value is -0.0913. The maximum atomic E-state index is 10.6. The zero-order valence-electron chi connectivity index (χ0n) is 20.8. The number of unbranched alkanes of at least 4 members (excludes halogenated alkanes) is 6. The zero-order chi connectivity index (χ0) is 25.9. The van der Waals surface area contributed by atoms with Gasteiger partial charge >= 0.3 is 56.0 Å². The van der Waals surface area contributed by atoms with Crippen LogP contribution in [0.4, 0.5) is 0 Å². The molecule has 0 spiro atoms. The summed E-state index contributed by atoms with van der Waals surface area (Å²) in [7, 11) is 1.41. The van der Waals surface area contributed by atoms with Gasteiger partial charge in [-0.2, -0.15) is 25.3 Å². The molecule has 0 saturated carbocycles. The van der Waals surface area contributed by atoms with Crippen molar-refractivity contribution in [1.82, 2.24) is 0 Å². The average molecular weight is 612 g/mol. The second kappa shape index (κ2) is 29.9. The Bertz CT molecular complexity index is 434. The van der Waals surface area contributed by atoms with Gasteiger partial charge in [-0.05, 0) is 49.0 Å². The van der Waals surface area contributed by atoms with E-state index in [0.717, 1.165) is 43.0 Å². The number of carbonyl (C=O) groups is 3. The quantitative estimate of drug-likeness (QED) is 0.106. The van der Waals surface area contributed by atoms with Crippen molar-refractivity contribution in [3.63, 3.8) is 0 Å². The first-order valence-corrected chi connectivity index (χ1v) is 15.4. The third-order valence-electron chi connectivity index (χ3n) is 4.99. The van der Waals surface area contributed by atoms with E-state index in [0.29, 0.717) is 30.8 Å². The molecule has 0 aromatic carbocycles. The minimum atomic E-state index is -0.912. The van der Waals surface area contributed by atoms with Crippen molar-refractivity contribution in [3.8, 4) is 0 Å². The number of esters is 1. The van der Waals surface area contributed by atoms with E-state index in [2.05, 4.69) is 43.8 Å². The van der Waals surface area contributed by atoms with Crippen LogP contribution < -0.4 is 10.2 Å². The first-order chi connectivity index (χ1) is 15.7. The van der Waals surface area contributed by atoms with Crippen molar-refractivity contribution in [2.45, 2.75) is 102 Å². The van der Waals surface area contributed by atoms with E-state index in [1.807, 2.05) is 0 Å². The van der Waals surface area contributed by atoms with Crippen molar-refractivity contribution >= 4 is 65.7 Å². The Kier molecular flexibility index (Phi) is 34.0. The number of rotatable bonds is 18. The molecule has 0 bridgehead atoms. The van der Waals surface area contributed by atoms with Gasteiger partial charge in [-0.15, -0.1) is 0 Å². The van der Waals surface area contributed by atoms with Gasteiger partial charge < -0.3 is 19.8 Å². The first kappa shape index (κ1) is 37.5. The standard InChI is InChI=1S/2C10H20O2S.C4H7O2.Sn/c2*1-2-3-4-5-6-9(7-8-13)10(11)12;1-3-4(5)6-2;/h2*9,13H,2-8H2,1H3,(H,11,12);1,3H2,2H3;/q;;;+3/p-2. The van der Waals surface area contributed by atoms with E-state index in [4.69, 9.17) is 0 Å². The van der Waals surface area contributed by atoms with Crippen molar-refractivity contribution in [2.75, 3.05) is 18.6 Å². The van der Waals surface area contributed by atoms with Gasteiger partial charge in [0.2, 0.25) is 0 Å². The number of methoxy groups -OCH3 is 1. The van der Waals surface area contributed by atoms with Crippen molar-refractivity contribution in [3.05, 3.63) is 0 Å². The number of carbonyl (C=O) groups excluding carboxylic acids is 3. The number of carboxylic acid groups (broad SMARTS) is 2. The van der Waals surface area contributed by atoms with Gasteiger partial charge in [-0.1, -0.05) is 65.2 Å². The van der Waals surface area contributed by atoms with Crippen LogP contribution in [0.15, 0.2) is 0 Å². The van der Waals surface area contributed by atoms with Gasteiger partial charge in [-0.3, -0.25) is 0 Å². The number of aliphatic carboxylic acids is 2. The molecule has 2 atom stereocenters. The summed E-state index contributed by atoms with van der Waals surface area (Å²) < 4.78 is 5.32. The second-order valence-corrected chi connectivity index (χ2v) is 10.2. The fraction of sp³-hybridized carbons (Fsp3) is 0.875. The average Bonchev–Trinajstić information content (AvgIpc) is 2.78. The monoisotopic (exact) mass is 613 g/mol. The second-order valence-electron chi connectivity index (χ2n) is 7.83. The van der Waals surface area contributed by atoms with Crippen molar-refractivity contribution < 1.29 is 29.3 Å². The minimum absolute atomic E-state index is 0.100. The molecule has 6 nitrogen and oxygen atoms in total. The molecule has 0 heterocycles. The molecule has 33 heavy (non-hydrogen) atoms. The fourth-order valence-electron chi connectivity index (χ4n) is 2.91.